The van der Waals surface area contributed by atoms with Gasteiger partial charge in [0.25, 0.3) is 0 Å². The third-order valence-corrected chi connectivity index (χ3v) is 3.70. The highest BCUT2D eigenvalue weighted by molar-refractivity contribution is 5.27. The van der Waals surface area contributed by atoms with Crippen LogP contribution in [0.5, 0.6) is 5.75 Å². The Labute approximate surface area is 125 Å². The summed E-state index contributed by atoms with van der Waals surface area (Å²) in [7, 11) is 0. The molecule has 0 saturated heterocycles. The topological polar surface area (TPSA) is 41.5 Å². The largest absolute Gasteiger partial charge is 0.435 e. The number of alkyl halides is 2. The van der Waals surface area contributed by atoms with Crippen LogP contribution in [0.25, 0.3) is 0 Å². The van der Waals surface area contributed by atoms with Gasteiger partial charge in [-0.25, -0.2) is 0 Å². The number of hydrogen-bond acceptors (Lipinski definition) is 3. The van der Waals surface area contributed by atoms with E-state index in [2.05, 4.69) is 23.9 Å². The number of benzene rings is 1. The second-order valence-corrected chi connectivity index (χ2v) is 5.58. The molecule has 120 valence electrons. The average molecular weight is 301 g/mol. The van der Waals surface area contributed by atoms with E-state index in [9.17, 15) is 8.78 Å². The molecule has 0 aliphatic rings. The van der Waals surface area contributed by atoms with Crippen molar-refractivity contribution in [2.75, 3.05) is 6.61 Å². The number of aliphatic hydroxyl groups excluding tert-OH is 1. The second-order valence-electron chi connectivity index (χ2n) is 5.58. The fraction of sp³-hybridized carbons (Fsp3) is 0.625. The predicted octanol–water partition coefficient (Wildman–Crippen LogP) is 3.22. The van der Waals surface area contributed by atoms with Gasteiger partial charge in [0.15, 0.2) is 0 Å². The lowest BCUT2D eigenvalue weighted by molar-refractivity contribution is -0.0498. The van der Waals surface area contributed by atoms with Crippen molar-refractivity contribution >= 4 is 0 Å². The SMILES string of the molecule is CC(CCc1ccc(OC(F)F)cc1)NC(C)C(C)CO. The number of aryl methyl sites for hydroxylation is 1. The van der Waals surface area contributed by atoms with Crippen molar-refractivity contribution in [2.24, 2.45) is 5.92 Å². The zero-order valence-electron chi connectivity index (χ0n) is 12.9. The van der Waals surface area contributed by atoms with Crippen LogP contribution >= 0.6 is 0 Å². The molecular formula is C16H25F2NO2. The smallest absolute Gasteiger partial charge is 0.387 e. The van der Waals surface area contributed by atoms with Gasteiger partial charge in [-0.2, -0.15) is 8.78 Å². The van der Waals surface area contributed by atoms with Crippen LogP contribution in [0.15, 0.2) is 24.3 Å². The zero-order chi connectivity index (χ0) is 15.8. The molecule has 0 radical (unpaired) electrons. The van der Waals surface area contributed by atoms with Crippen molar-refractivity contribution in [3.63, 3.8) is 0 Å². The molecule has 5 heteroatoms. The fourth-order valence-corrected chi connectivity index (χ4v) is 2.08. The van der Waals surface area contributed by atoms with E-state index in [0.717, 1.165) is 18.4 Å². The molecule has 0 spiro atoms. The van der Waals surface area contributed by atoms with E-state index in [0.29, 0.717) is 6.04 Å². The van der Waals surface area contributed by atoms with Crippen molar-refractivity contribution in [1.82, 2.24) is 5.32 Å². The molecule has 1 rings (SSSR count). The molecule has 3 unspecified atom stereocenters. The van der Waals surface area contributed by atoms with Gasteiger partial charge in [-0.3, -0.25) is 0 Å². The first-order chi connectivity index (χ1) is 9.92. The third kappa shape index (κ3) is 6.87. The molecule has 0 aromatic heterocycles. The summed E-state index contributed by atoms with van der Waals surface area (Å²) < 4.78 is 28.4. The second kappa shape index (κ2) is 8.95. The molecule has 21 heavy (non-hydrogen) atoms. The zero-order valence-corrected chi connectivity index (χ0v) is 12.9. The van der Waals surface area contributed by atoms with Crippen LogP contribution in [0, 0.1) is 5.92 Å². The Balaban J connectivity index is 2.37. The Morgan fingerprint density at radius 3 is 2.29 bits per heavy atom. The highest BCUT2D eigenvalue weighted by Gasteiger charge is 2.13. The average Bonchev–Trinajstić information content (AvgIpc) is 2.45. The van der Waals surface area contributed by atoms with E-state index in [1.54, 1.807) is 12.1 Å². The monoisotopic (exact) mass is 301 g/mol. The normalized spacial score (nSPS) is 15.8. The van der Waals surface area contributed by atoms with Gasteiger partial charge < -0.3 is 15.2 Å². The highest BCUT2D eigenvalue weighted by atomic mass is 19.3. The van der Waals surface area contributed by atoms with Gasteiger partial charge in [0.2, 0.25) is 0 Å². The number of nitrogens with one attached hydrogen (secondary N) is 1. The predicted molar refractivity (Wildman–Crippen MR) is 79.7 cm³/mol. The Bertz CT molecular complexity index is 398. The van der Waals surface area contributed by atoms with Crippen LogP contribution in [-0.2, 0) is 6.42 Å². The van der Waals surface area contributed by atoms with Gasteiger partial charge >= 0.3 is 6.61 Å². The van der Waals surface area contributed by atoms with Crippen LogP contribution in [0.1, 0.15) is 32.8 Å². The first-order valence-electron chi connectivity index (χ1n) is 7.33. The quantitative estimate of drug-likeness (QED) is 0.736. The van der Waals surface area contributed by atoms with Crippen molar-refractivity contribution in [3.8, 4) is 5.75 Å². The maximum absolute atomic E-state index is 12.0. The first-order valence-corrected chi connectivity index (χ1v) is 7.33. The van der Waals surface area contributed by atoms with Crippen LogP contribution in [0.3, 0.4) is 0 Å². The fourth-order valence-electron chi connectivity index (χ4n) is 2.08. The van der Waals surface area contributed by atoms with Crippen LogP contribution < -0.4 is 10.1 Å². The van der Waals surface area contributed by atoms with E-state index in [-0.39, 0.29) is 24.3 Å². The van der Waals surface area contributed by atoms with E-state index in [1.165, 1.54) is 0 Å². The summed E-state index contributed by atoms with van der Waals surface area (Å²) in [5.41, 5.74) is 1.09. The summed E-state index contributed by atoms with van der Waals surface area (Å²) in [6.07, 6.45) is 1.81. The van der Waals surface area contributed by atoms with Crippen LogP contribution in [0.2, 0.25) is 0 Å². The summed E-state index contributed by atoms with van der Waals surface area (Å²) in [6, 6.07) is 7.33. The third-order valence-electron chi connectivity index (χ3n) is 3.70. The minimum Gasteiger partial charge on any atom is -0.435 e. The Hall–Kier alpha value is -1.20. The Morgan fingerprint density at radius 1 is 1.14 bits per heavy atom. The molecule has 0 heterocycles. The summed E-state index contributed by atoms with van der Waals surface area (Å²) in [5.74, 6) is 0.406. The van der Waals surface area contributed by atoms with E-state index in [4.69, 9.17) is 5.11 Å². The van der Waals surface area contributed by atoms with E-state index >= 15 is 0 Å². The summed E-state index contributed by atoms with van der Waals surface area (Å²) >= 11 is 0. The lowest BCUT2D eigenvalue weighted by atomic mass is 10.0. The number of halogens is 2. The van der Waals surface area contributed by atoms with Crippen molar-refractivity contribution in [1.29, 1.82) is 0 Å². The molecule has 0 bridgehead atoms. The number of ether oxygens (including phenoxy) is 1. The van der Waals surface area contributed by atoms with Crippen LogP contribution in [0.4, 0.5) is 8.78 Å². The number of rotatable bonds is 9. The molecule has 1 aromatic carbocycles. The molecule has 0 saturated carbocycles. The molecule has 0 aliphatic carbocycles. The maximum Gasteiger partial charge on any atom is 0.387 e. The summed E-state index contributed by atoms with van der Waals surface area (Å²) in [5, 5.41) is 12.6. The number of hydrogen-bond donors (Lipinski definition) is 2. The molecule has 3 atom stereocenters. The molecular weight excluding hydrogens is 276 g/mol. The Morgan fingerprint density at radius 2 is 1.76 bits per heavy atom. The summed E-state index contributed by atoms with van der Waals surface area (Å²) in [6.45, 7) is 3.57. The van der Waals surface area contributed by atoms with Gasteiger partial charge in [0, 0.05) is 18.7 Å². The van der Waals surface area contributed by atoms with E-state index in [1.807, 2.05) is 19.1 Å². The Kier molecular flexibility index (Phi) is 7.61. The van der Waals surface area contributed by atoms with Crippen LogP contribution in [-0.4, -0.2) is 30.4 Å². The molecule has 3 nitrogen and oxygen atoms in total. The molecule has 0 amide bonds. The standard InChI is InChI=1S/C16H25F2NO2/c1-11(10-20)13(3)19-12(2)4-5-14-6-8-15(9-7-14)21-16(17)18/h6-9,11-13,16,19-20H,4-5,10H2,1-3H3. The van der Waals surface area contributed by atoms with Crippen molar-refractivity contribution in [3.05, 3.63) is 29.8 Å². The van der Waals surface area contributed by atoms with Crippen molar-refractivity contribution < 1.29 is 18.6 Å². The molecule has 2 N–H and O–H groups in total. The van der Waals surface area contributed by atoms with Gasteiger partial charge in [-0.05, 0) is 50.3 Å². The molecule has 0 fully saturated rings. The number of aliphatic hydroxyl groups is 1. The molecule has 1 aromatic rings. The van der Waals surface area contributed by atoms with E-state index < -0.39 is 6.61 Å². The van der Waals surface area contributed by atoms with Gasteiger partial charge in [-0.15, -0.1) is 0 Å². The van der Waals surface area contributed by atoms with Gasteiger partial charge in [0.05, 0.1) is 0 Å². The maximum atomic E-state index is 12.0. The minimum absolute atomic E-state index is 0.173. The first kappa shape index (κ1) is 17.9. The van der Waals surface area contributed by atoms with Gasteiger partial charge in [0.1, 0.15) is 5.75 Å². The highest BCUT2D eigenvalue weighted by Crippen LogP contribution is 2.16. The minimum atomic E-state index is -2.78. The lowest BCUT2D eigenvalue weighted by Crippen LogP contribution is -2.39. The van der Waals surface area contributed by atoms with Gasteiger partial charge in [-0.1, -0.05) is 19.1 Å². The molecule has 0 aliphatic heterocycles. The summed E-state index contributed by atoms with van der Waals surface area (Å²) in [4.78, 5) is 0. The lowest BCUT2D eigenvalue weighted by Gasteiger charge is -2.24. The van der Waals surface area contributed by atoms with Crippen molar-refractivity contribution in [2.45, 2.75) is 52.3 Å².